The summed E-state index contributed by atoms with van der Waals surface area (Å²) >= 11 is 0. The minimum atomic E-state index is -0.862. The van der Waals surface area contributed by atoms with E-state index in [4.69, 9.17) is 0 Å². The third kappa shape index (κ3) is 3.73. The van der Waals surface area contributed by atoms with Gasteiger partial charge in [0.05, 0.1) is 0 Å². The summed E-state index contributed by atoms with van der Waals surface area (Å²) in [6, 6.07) is 18.1. The Morgan fingerprint density at radius 1 is 1.03 bits per heavy atom. The van der Waals surface area contributed by atoms with Gasteiger partial charge < -0.3 is 5.32 Å². The Morgan fingerprint density at radius 3 is 2.33 bits per heavy atom. The predicted molar refractivity (Wildman–Crippen MR) is 116 cm³/mol. The van der Waals surface area contributed by atoms with E-state index in [0.717, 1.165) is 36.8 Å². The molecule has 2 aromatic carbocycles. The molecular formula is C25H25N3O2. The Balaban J connectivity index is 1.78. The number of nitrogens with zero attached hydrogens (tertiary/aromatic N) is 2. The molecule has 1 saturated carbocycles. The molecule has 1 unspecified atom stereocenters. The zero-order valence-electron chi connectivity index (χ0n) is 17.1. The molecule has 0 radical (unpaired) electrons. The maximum absolute atomic E-state index is 13.5. The monoisotopic (exact) mass is 399 g/mol. The summed E-state index contributed by atoms with van der Waals surface area (Å²) in [5, 5.41) is 13.0. The van der Waals surface area contributed by atoms with Crippen molar-refractivity contribution in [2.75, 3.05) is 4.90 Å². The van der Waals surface area contributed by atoms with E-state index in [2.05, 4.69) is 11.4 Å². The second-order valence-corrected chi connectivity index (χ2v) is 8.02. The van der Waals surface area contributed by atoms with Crippen LogP contribution in [-0.2, 0) is 9.59 Å². The van der Waals surface area contributed by atoms with Gasteiger partial charge in [-0.05, 0) is 37.5 Å². The van der Waals surface area contributed by atoms with Gasteiger partial charge >= 0.3 is 0 Å². The quantitative estimate of drug-likeness (QED) is 0.840. The SMILES string of the molecule is Cc1ccc(N2C(=O)C(C#N)=C(c3ccccc3)C2C(=O)NC2CCCCC2)cc1. The first-order chi connectivity index (χ1) is 14.6. The average molecular weight is 399 g/mol. The number of rotatable bonds is 4. The van der Waals surface area contributed by atoms with Gasteiger partial charge in [0.15, 0.2) is 0 Å². The van der Waals surface area contributed by atoms with Crippen molar-refractivity contribution in [3.8, 4) is 6.07 Å². The van der Waals surface area contributed by atoms with Gasteiger partial charge in [0.1, 0.15) is 17.7 Å². The normalized spacial score (nSPS) is 19.7. The van der Waals surface area contributed by atoms with Gasteiger partial charge in [0, 0.05) is 17.3 Å². The van der Waals surface area contributed by atoms with E-state index in [-0.39, 0.29) is 17.5 Å². The second kappa shape index (κ2) is 8.54. The van der Waals surface area contributed by atoms with Crippen LogP contribution in [0.5, 0.6) is 0 Å². The van der Waals surface area contributed by atoms with Crippen LogP contribution in [-0.4, -0.2) is 23.9 Å². The number of carbonyl (C=O) groups is 2. The summed E-state index contributed by atoms with van der Waals surface area (Å²) in [4.78, 5) is 28.3. The topological polar surface area (TPSA) is 73.2 Å². The fraction of sp³-hybridized carbons (Fsp3) is 0.320. The van der Waals surface area contributed by atoms with Crippen LogP contribution in [0.1, 0.15) is 43.2 Å². The van der Waals surface area contributed by atoms with Crippen LogP contribution in [0.2, 0.25) is 0 Å². The first-order valence-corrected chi connectivity index (χ1v) is 10.5. The van der Waals surface area contributed by atoms with Crippen molar-refractivity contribution in [2.45, 2.75) is 51.1 Å². The minimum absolute atomic E-state index is 0.0329. The smallest absolute Gasteiger partial charge is 0.270 e. The summed E-state index contributed by atoms with van der Waals surface area (Å²) in [7, 11) is 0. The van der Waals surface area contributed by atoms with Crippen molar-refractivity contribution in [3.63, 3.8) is 0 Å². The summed E-state index contributed by atoms with van der Waals surface area (Å²) in [5.41, 5.74) is 2.92. The van der Waals surface area contributed by atoms with E-state index in [0.29, 0.717) is 11.3 Å². The fourth-order valence-corrected chi connectivity index (χ4v) is 4.39. The van der Waals surface area contributed by atoms with E-state index >= 15 is 0 Å². The molecule has 5 heteroatoms. The van der Waals surface area contributed by atoms with Gasteiger partial charge in [0.2, 0.25) is 5.91 Å². The molecule has 2 aromatic rings. The van der Waals surface area contributed by atoms with Crippen LogP contribution < -0.4 is 10.2 Å². The lowest BCUT2D eigenvalue weighted by molar-refractivity contribution is -0.124. The molecule has 0 saturated heterocycles. The summed E-state index contributed by atoms with van der Waals surface area (Å²) in [6.07, 6.45) is 5.29. The highest BCUT2D eigenvalue weighted by Crippen LogP contribution is 2.37. The first kappa shape index (κ1) is 19.9. The lowest BCUT2D eigenvalue weighted by Crippen LogP contribution is -2.50. The Hall–Kier alpha value is -3.39. The zero-order valence-corrected chi connectivity index (χ0v) is 17.1. The van der Waals surface area contributed by atoms with Crippen molar-refractivity contribution < 1.29 is 9.59 Å². The Labute approximate surface area is 177 Å². The van der Waals surface area contributed by atoms with Gasteiger partial charge in [-0.2, -0.15) is 5.26 Å². The van der Waals surface area contributed by atoms with E-state index in [1.807, 2.05) is 61.5 Å². The van der Waals surface area contributed by atoms with Gasteiger partial charge in [-0.1, -0.05) is 67.3 Å². The van der Waals surface area contributed by atoms with Crippen molar-refractivity contribution in [3.05, 3.63) is 71.3 Å². The van der Waals surface area contributed by atoms with Crippen molar-refractivity contribution >= 4 is 23.1 Å². The molecule has 2 aliphatic rings. The molecule has 5 nitrogen and oxygen atoms in total. The summed E-state index contributed by atoms with van der Waals surface area (Å²) in [6.45, 7) is 1.97. The molecular weight excluding hydrogens is 374 g/mol. The van der Waals surface area contributed by atoms with Gasteiger partial charge in [-0.3, -0.25) is 14.5 Å². The third-order valence-corrected chi connectivity index (χ3v) is 5.94. The largest absolute Gasteiger partial charge is 0.351 e. The van der Waals surface area contributed by atoms with E-state index in [9.17, 15) is 14.9 Å². The lowest BCUT2D eigenvalue weighted by atomic mass is 9.93. The van der Waals surface area contributed by atoms with Crippen molar-refractivity contribution in [2.24, 2.45) is 0 Å². The highest BCUT2D eigenvalue weighted by molar-refractivity contribution is 6.25. The van der Waals surface area contributed by atoms with Gasteiger partial charge in [0.25, 0.3) is 5.91 Å². The number of aryl methyl sites for hydroxylation is 1. The predicted octanol–water partition coefficient (Wildman–Crippen LogP) is 4.14. The van der Waals surface area contributed by atoms with Crippen LogP contribution in [0, 0.1) is 18.3 Å². The molecule has 152 valence electrons. The second-order valence-electron chi connectivity index (χ2n) is 8.02. The molecule has 1 aliphatic heterocycles. The molecule has 2 amide bonds. The molecule has 4 rings (SSSR count). The van der Waals surface area contributed by atoms with Crippen LogP contribution in [0.4, 0.5) is 5.69 Å². The number of amides is 2. The fourth-order valence-electron chi connectivity index (χ4n) is 4.39. The van der Waals surface area contributed by atoms with Gasteiger partial charge in [-0.25, -0.2) is 0 Å². The molecule has 0 bridgehead atoms. The third-order valence-electron chi connectivity index (χ3n) is 5.94. The number of hydrogen-bond donors (Lipinski definition) is 1. The van der Waals surface area contributed by atoms with Crippen LogP contribution in [0.25, 0.3) is 5.57 Å². The molecule has 1 fully saturated rings. The molecule has 1 aliphatic carbocycles. The number of anilines is 1. The maximum Gasteiger partial charge on any atom is 0.270 e. The number of nitrogens with one attached hydrogen (secondary N) is 1. The molecule has 0 aromatic heterocycles. The van der Waals surface area contributed by atoms with E-state index in [1.165, 1.54) is 11.3 Å². The van der Waals surface area contributed by atoms with E-state index in [1.54, 1.807) is 0 Å². The molecule has 1 heterocycles. The van der Waals surface area contributed by atoms with E-state index < -0.39 is 11.9 Å². The number of carbonyl (C=O) groups excluding carboxylic acids is 2. The first-order valence-electron chi connectivity index (χ1n) is 10.5. The van der Waals surface area contributed by atoms with Crippen LogP contribution >= 0.6 is 0 Å². The summed E-state index contributed by atoms with van der Waals surface area (Å²) in [5.74, 6) is -0.649. The standard InChI is InChI=1S/C25H25N3O2/c1-17-12-14-20(15-13-17)28-23(24(29)27-19-10-6-3-7-11-19)22(21(16-26)25(28)30)18-8-4-2-5-9-18/h2,4-5,8-9,12-15,19,23H,3,6-7,10-11H2,1H3,(H,27,29). The van der Waals surface area contributed by atoms with Gasteiger partial charge in [-0.15, -0.1) is 0 Å². The minimum Gasteiger partial charge on any atom is -0.351 e. The number of nitriles is 1. The Morgan fingerprint density at radius 2 is 1.70 bits per heavy atom. The number of hydrogen-bond acceptors (Lipinski definition) is 3. The molecule has 1 atom stereocenters. The molecule has 30 heavy (non-hydrogen) atoms. The Bertz CT molecular complexity index is 1010. The number of benzene rings is 2. The van der Waals surface area contributed by atoms with Crippen LogP contribution in [0.3, 0.4) is 0 Å². The zero-order chi connectivity index (χ0) is 21.1. The molecule has 1 N–H and O–H groups in total. The highest BCUT2D eigenvalue weighted by Gasteiger charge is 2.45. The Kier molecular flexibility index (Phi) is 5.67. The van der Waals surface area contributed by atoms with Crippen LogP contribution in [0.15, 0.2) is 60.2 Å². The highest BCUT2D eigenvalue weighted by atomic mass is 16.2. The van der Waals surface area contributed by atoms with Crippen molar-refractivity contribution in [1.82, 2.24) is 5.32 Å². The average Bonchev–Trinajstić information content (AvgIpc) is 3.08. The maximum atomic E-state index is 13.5. The lowest BCUT2D eigenvalue weighted by Gasteiger charge is -2.30. The summed E-state index contributed by atoms with van der Waals surface area (Å²) < 4.78 is 0. The van der Waals surface area contributed by atoms with Crippen molar-refractivity contribution in [1.29, 1.82) is 5.26 Å². The molecule has 0 spiro atoms.